The van der Waals surface area contributed by atoms with Gasteiger partial charge in [-0.2, -0.15) is 5.10 Å². The summed E-state index contributed by atoms with van der Waals surface area (Å²) in [5.41, 5.74) is 1.16. The Bertz CT molecular complexity index is 826. The van der Waals surface area contributed by atoms with Gasteiger partial charge in [-0.05, 0) is 31.7 Å². The van der Waals surface area contributed by atoms with Crippen molar-refractivity contribution in [1.29, 1.82) is 0 Å². The molecule has 28 heavy (non-hydrogen) atoms. The predicted octanol–water partition coefficient (Wildman–Crippen LogP) is 2.45. The number of hydrogen-bond donors (Lipinski definition) is 2. The van der Waals surface area contributed by atoms with Gasteiger partial charge in [0.2, 0.25) is 0 Å². The van der Waals surface area contributed by atoms with Gasteiger partial charge in [0.05, 0.1) is 12.6 Å². The van der Waals surface area contributed by atoms with Crippen molar-refractivity contribution >= 4 is 5.96 Å². The molecule has 1 aliphatic heterocycles. The third-order valence-electron chi connectivity index (χ3n) is 5.55. The third kappa shape index (κ3) is 4.29. The maximum Gasteiger partial charge on any atom is 0.191 e. The first-order chi connectivity index (χ1) is 13.7. The highest BCUT2D eigenvalue weighted by Crippen LogP contribution is 2.27. The number of aliphatic imine (C=N–C) groups is 1. The number of fused-ring (bicyclic) bond motifs is 1. The summed E-state index contributed by atoms with van der Waals surface area (Å²) in [6.45, 7) is 3.60. The Morgan fingerprint density at radius 1 is 1.29 bits per heavy atom. The molecule has 0 radical (unpaired) electrons. The second kappa shape index (κ2) is 8.63. The first kappa shape index (κ1) is 18.8. The van der Waals surface area contributed by atoms with Gasteiger partial charge < -0.3 is 15.4 Å². The van der Waals surface area contributed by atoms with Crippen LogP contribution in [0.1, 0.15) is 49.8 Å². The first-order valence-corrected chi connectivity index (χ1v) is 10.4. The Morgan fingerprint density at radius 3 is 2.89 bits per heavy atom. The van der Waals surface area contributed by atoms with E-state index < -0.39 is 0 Å². The molecule has 1 atom stereocenters. The smallest absolute Gasteiger partial charge is 0.191 e. The minimum absolute atomic E-state index is 0.298. The fraction of sp³-hybridized carbons (Fsp3) is 0.571. The number of nitrogens with one attached hydrogen (secondary N) is 2. The van der Waals surface area contributed by atoms with Gasteiger partial charge in [0.1, 0.15) is 11.6 Å². The summed E-state index contributed by atoms with van der Waals surface area (Å²) in [6, 6.07) is 8.56. The summed E-state index contributed by atoms with van der Waals surface area (Å²) in [5, 5.41) is 11.6. The Balaban J connectivity index is 1.33. The lowest BCUT2D eigenvalue weighted by molar-refractivity contribution is 0.119. The maximum atomic E-state index is 6.13. The van der Waals surface area contributed by atoms with Gasteiger partial charge in [0.15, 0.2) is 11.8 Å². The number of benzene rings is 1. The number of ether oxygens (including phenoxy) is 1. The van der Waals surface area contributed by atoms with Crippen LogP contribution >= 0.6 is 0 Å². The highest BCUT2D eigenvalue weighted by molar-refractivity contribution is 5.80. The van der Waals surface area contributed by atoms with Crippen LogP contribution in [0, 0.1) is 0 Å². The van der Waals surface area contributed by atoms with E-state index in [1.54, 1.807) is 0 Å². The molecule has 2 aliphatic rings. The summed E-state index contributed by atoms with van der Waals surface area (Å²) in [7, 11) is 1.81. The van der Waals surface area contributed by atoms with Gasteiger partial charge in [-0.1, -0.05) is 25.1 Å². The summed E-state index contributed by atoms with van der Waals surface area (Å²) in [4.78, 5) is 8.99. The molecule has 4 rings (SSSR count). The molecule has 0 bridgehead atoms. The number of aromatic nitrogens is 3. The van der Waals surface area contributed by atoms with E-state index >= 15 is 0 Å². The van der Waals surface area contributed by atoms with Crippen molar-refractivity contribution in [2.45, 2.75) is 70.7 Å². The highest BCUT2D eigenvalue weighted by Gasteiger charge is 2.23. The number of guanidine groups is 1. The van der Waals surface area contributed by atoms with Crippen molar-refractivity contribution in [1.82, 2.24) is 25.4 Å². The standard InChI is InChI=1S/C21H30N6O/c1-3-19-25-20-12-11-16(14-27(20)26-19)24-21(22-2)23-13-15-7-4-5-10-18(15)28-17-8-6-9-17/h4-5,7,10,16-17H,3,6,8-9,11-14H2,1-2H3,(H2,22,23,24). The second-order valence-electron chi connectivity index (χ2n) is 7.56. The van der Waals surface area contributed by atoms with Crippen LogP contribution < -0.4 is 15.4 Å². The van der Waals surface area contributed by atoms with Crippen LogP contribution in [0.5, 0.6) is 5.75 Å². The normalized spacial score (nSPS) is 19.6. The topological polar surface area (TPSA) is 76.4 Å². The average molecular weight is 383 g/mol. The lowest BCUT2D eigenvalue weighted by atomic mass is 9.96. The molecule has 2 aromatic rings. The van der Waals surface area contributed by atoms with Gasteiger partial charge in [-0.3, -0.25) is 4.99 Å². The van der Waals surface area contributed by atoms with Crippen LogP contribution in [0.3, 0.4) is 0 Å². The molecule has 0 saturated heterocycles. The monoisotopic (exact) mass is 382 g/mol. The van der Waals surface area contributed by atoms with E-state index in [4.69, 9.17) is 4.74 Å². The summed E-state index contributed by atoms with van der Waals surface area (Å²) in [5.74, 6) is 3.82. The van der Waals surface area contributed by atoms with E-state index in [1.165, 1.54) is 6.42 Å². The van der Waals surface area contributed by atoms with Gasteiger partial charge in [-0.25, -0.2) is 9.67 Å². The summed E-state index contributed by atoms with van der Waals surface area (Å²) in [6.07, 6.45) is 6.84. The molecule has 1 aromatic carbocycles. The Morgan fingerprint density at radius 2 is 2.14 bits per heavy atom. The van der Waals surface area contributed by atoms with E-state index in [2.05, 4.69) is 50.8 Å². The minimum atomic E-state index is 0.298. The molecule has 0 spiro atoms. The molecule has 2 heterocycles. The zero-order valence-corrected chi connectivity index (χ0v) is 16.8. The van der Waals surface area contributed by atoms with Crippen LogP contribution in [0.15, 0.2) is 29.3 Å². The fourth-order valence-electron chi connectivity index (χ4n) is 3.63. The average Bonchev–Trinajstić information content (AvgIpc) is 3.11. The highest BCUT2D eigenvalue weighted by atomic mass is 16.5. The van der Waals surface area contributed by atoms with Crippen molar-refractivity contribution in [2.24, 2.45) is 4.99 Å². The largest absolute Gasteiger partial charge is 0.490 e. The maximum absolute atomic E-state index is 6.13. The van der Waals surface area contributed by atoms with Crippen LogP contribution in [0.2, 0.25) is 0 Å². The molecule has 0 amide bonds. The van der Waals surface area contributed by atoms with Gasteiger partial charge in [-0.15, -0.1) is 0 Å². The lowest BCUT2D eigenvalue weighted by Gasteiger charge is -2.28. The summed E-state index contributed by atoms with van der Waals surface area (Å²) >= 11 is 0. The number of para-hydroxylation sites is 1. The number of nitrogens with zero attached hydrogens (tertiary/aromatic N) is 4. The van der Waals surface area contributed by atoms with Gasteiger partial charge in [0, 0.05) is 38.0 Å². The molecule has 7 heteroatoms. The molecular weight excluding hydrogens is 352 g/mol. The van der Waals surface area contributed by atoms with Crippen LogP contribution in [0.4, 0.5) is 0 Å². The van der Waals surface area contributed by atoms with Crippen molar-refractivity contribution in [2.75, 3.05) is 7.05 Å². The second-order valence-corrected chi connectivity index (χ2v) is 7.56. The Labute approximate surface area is 166 Å². The van der Waals surface area contributed by atoms with Crippen molar-refractivity contribution in [3.63, 3.8) is 0 Å². The molecule has 2 N–H and O–H groups in total. The Hall–Kier alpha value is -2.57. The number of aryl methyl sites for hydroxylation is 2. The molecule has 1 saturated carbocycles. The molecular formula is C21H30N6O. The van der Waals surface area contributed by atoms with Crippen molar-refractivity contribution in [3.05, 3.63) is 41.5 Å². The lowest BCUT2D eigenvalue weighted by Crippen LogP contribution is -2.46. The van der Waals surface area contributed by atoms with E-state index in [9.17, 15) is 0 Å². The molecule has 7 nitrogen and oxygen atoms in total. The third-order valence-corrected chi connectivity index (χ3v) is 5.55. The molecule has 1 aromatic heterocycles. The molecule has 1 unspecified atom stereocenters. The minimum Gasteiger partial charge on any atom is -0.490 e. The SMILES string of the molecule is CCc1nc2n(n1)CC(NC(=NC)NCc1ccccc1OC1CCC1)CC2. The Kier molecular flexibility index (Phi) is 5.78. The van der Waals surface area contributed by atoms with Crippen LogP contribution in [-0.2, 0) is 25.9 Å². The molecule has 1 aliphatic carbocycles. The molecule has 1 fully saturated rings. The zero-order valence-electron chi connectivity index (χ0n) is 16.8. The number of hydrogen-bond acceptors (Lipinski definition) is 4. The van der Waals surface area contributed by atoms with Crippen LogP contribution in [0.25, 0.3) is 0 Å². The van der Waals surface area contributed by atoms with E-state index in [-0.39, 0.29) is 0 Å². The van der Waals surface area contributed by atoms with Crippen molar-refractivity contribution < 1.29 is 4.74 Å². The van der Waals surface area contributed by atoms with E-state index in [0.717, 1.165) is 67.6 Å². The zero-order chi connectivity index (χ0) is 19.3. The van der Waals surface area contributed by atoms with Crippen molar-refractivity contribution in [3.8, 4) is 5.75 Å². The van der Waals surface area contributed by atoms with Crippen LogP contribution in [-0.4, -0.2) is 39.9 Å². The fourth-order valence-corrected chi connectivity index (χ4v) is 3.63. The number of rotatable bonds is 6. The quantitative estimate of drug-likeness (QED) is 0.593. The van der Waals surface area contributed by atoms with Gasteiger partial charge >= 0.3 is 0 Å². The van der Waals surface area contributed by atoms with Gasteiger partial charge in [0.25, 0.3) is 0 Å². The molecule has 150 valence electrons. The van der Waals surface area contributed by atoms with E-state index in [1.807, 2.05) is 17.8 Å². The predicted molar refractivity (Wildman–Crippen MR) is 110 cm³/mol. The van der Waals surface area contributed by atoms with E-state index in [0.29, 0.717) is 18.7 Å². The summed E-state index contributed by atoms with van der Waals surface area (Å²) < 4.78 is 8.17. The first-order valence-electron chi connectivity index (χ1n) is 10.4.